The van der Waals surface area contributed by atoms with Crippen molar-refractivity contribution in [3.05, 3.63) is 30.3 Å². The third kappa shape index (κ3) is 2.70. The molecule has 0 atom stereocenters. The third-order valence-corrected chi connectivity index (χ3v) is 2.72. The summed E-state index contributed by atoms with van der Waals surface area (Å²) in [6, 6.07) is 10.6. The molecule has 1 fully saturated rings. The predicted octanol–water partition coefficient (Wildman–Crippen LogP) is 1.35. The fourth-order valence-electron chi connectivity index (χ4n) is 1.93. The molecule has 81 valence electrons. The highest BCUT2D eigenvalue weighted by Gasteiger charge is 2.16. The van der Waals surface area contributed by atoms with Gasteiger partial charge in [-0.1, -0.05) is 18.2 Å². The number of benzene rings is 1. The molecule has 1 radical (unpaired) electrons. The average molecular weight is 204 g/mol. The summed E-state index contributed by atoms with van der Waals surface area (Å²) in [6.07, 6.45) is 0. The van der Waals surface area contributed by atoms with Crippen LogP contribution in [-0.4, -0.2) is 37.7 Å². The van der Waals surface area contributed by atoms with E-state index in [2.05, 4.69) is 52.6 Å². The molecule has 0 unspecified atom stereocenters. The molecule has 1 saturated heterocycles. The van der Waals surface area contributed by atoms with E-state index in [9.17, 15) is 0 Å². The highest BCUT2D eigenvalue weighted by atomic mass is 15.5. The number of nitrogens with zero attached hydrogens (tertiary/aromatic N) is 3. The maximum atomic E-state index is 4.42. The predicted molar refractivity (Wildman–Crippen MR) is 62.9 cm³/mol. The summed E-state index contributed by atoms with van der Waals surface area (Å²) in [5.74, 6) is 0. The lowest BCUT2D eigenvalue weighted by Gasteiger charge is -2.35. The van der Waals surface area contributed by atoms with Gasteiger partial charge >= 0.3 is 0 Å². The molecule has 1 aromatic rings. The van der Waals surface area contributed by atoms with E-state index in [1.807, 2.05) is 0 Å². The molecule has 3 heteroatoms. The molecule has 0 aromatic heterocycles. The van der Waals surface area contributed by atoms with E-state index in [1.165, 1.54) is 5.69 Å². The first kappa shape index (κ1) is 10.5. The SMILES string of the molecule is CC[N]N1CCN(c2ccccc2)CC1. The minimum absolute atomic E-state index is 0.894. The summed E-state index contributed by atoms with van der Waals surface area (Å²) in [6.45, 7) is 7.22. The van der Waals surface area contributed by atoms with Gasteiger partial charge in [-0.15, -0.1) is 0 Å². The zero-order chi connectivity index (χ0) is 10.5. The van der Waals surface area contributed by atoms with Gasteiger partial charge in [0.15, 0.2) is 0 Å². The number of hydrogen-bond acceptors (Lipinski definition) is 2. The molecule has 0 saturated carbocycles. The molecule has 0 bridgehead atoms. The number of hydrogen-bond donors (Lipinski definition) is 0. The first-order valence-electron chi connectivity index (χ1n) is 5.62. The number of piperazine rings is 1. The molecule has 1 aromatic carbocycles. The van der Waals surface area contributed by atoms with Crippen LogP contribution in [0.2, 0.25) is 0 Å². The largest absolute Gasteiger partial charge is 0.369 e. The summed E-state index contributed by atoms with van der Waals surface area (Å²) in [5.41, 5.74) is 5.75. The third-order valence-electron chi connectivity index (χ3n) is 2.72. The van der Waals surface area contributed by atoms with Gasteiger partial charge in [0.25, 0.3) is 0 Å². The zero-order valence-electron chi connectivity index (χ0n) is 9.26. The lowest BCUT2D eigenvalue weighted by atomic mass is 10.2. The highest BCUT2D eigenvalue weighted by Crippen LogP contribution is 2.14. The Bertz CT molecular complexity index is 278. The molecule has 1 heterocycles. The second-order valence-electron chi connectivity index (χ2n) is 3.73. The van der Waals surface area contributed by atoms with E-state index in [0.717, 1.165) is 32.7 Å². The van der Waals surface area contributed by atoms with Crippen LogP contribution in [-0.2, 0) is 0 Å². The summed E-state index contributed by atoms with van der Waals surface area (Å²) in [5, 5.41) is 2.18. The molecular weight excluding hydrogens is 186 g/mol. The Morgan fingerprint density at radius 2 is 1.73 bits per heavy atom. The van der Waals surface area contributed by atoms with Crippen LogP contribution >= 0.6 is 0 Å². The van der Waals surface area contributed by atoms with Gasteiger partial charge in [0.2, 0.25) is 0 Å². The van der Waals surface area contributed by atoms with Gasteiger partial charge in [-0.3, -0.25) is 0 Å². The van der Waals surface area contributed by atoms with Crippen LogP contribution in [0.1, 0.15) is 6.92 Å². The summed E-state index contributed by atoms with van der Waals surface area (Å²) < 4.78 is 0. The normalized spacial score (nSPS) is 18.1. The first-order chi connectivity index (χ1) is 7.40. The van der Waals surface area contributed by atoms with Gasteiger partial charge in [0.1, 0.15) is 0 Å². The second kappa shape index (κ2) is 5.14. The lowest BCUT2D eigenvalue weighted by molar-refractivity contribution is 0.174. The van der Waals surface area contributed by atoms with Crippen molar-refractivity contribution in [3.8, 4) is 0 Å². The Balaban J connectivity index is 1.88. The fraction of sp³-hybridized carbons (Fsp3) is 0.500. The van der Waals surface area contributed by atoms with E-state index in [0.29, 0.717) is 0 Å². The van der Waals surface area contributed by atoms with Crippen LogP contribution in [0.3, 0.4) is 0 Å². The van der Waals surface area contributed by atoms with E-state index >= 15 is 0 Å². The molecular formula is C12H18N3. The maximum Gasteiger partial charge on any atom is 0.0367 e. The maximum absolute atomic E-state index is 4.42. The average Bonchev–Trinajstić information content (AvgIpc) is 2.32. The molecule has 0 aliphatic carbocycles. The topological polar surface area (TPSA) is 20.6 Å². The lowest BCUT2D eigenvalue weighted by Crippen LogP contribution is -2.49. The Morgan fingerprint density at radius 1 is 1.07 bits per heavy atom. The molecule has 15 heavy (non-hydrogen) atoms. The fourth-order valence-corrected chi connectivity index (χ4v) is 1.93. The Labute approximate surface area is 91.7 Å². The number of rotatable bonds is 3. The molecule has 1 aliphatic heterocycles. The van der Waals surface area contributed by atoms with Crippen LogP contribution in [0.5, 0.6) is 0 Å². The molecule has 2 rings (SSSR count). The van der Waals surface area contributed by atoms with Crippen molar-refractivity contribution >= 4 is 5.69 Å². The van der Waals surface area contributed by atoms with Gasteiger partial charge in [-0.25, -0.2) is 5.01 Å². The van der Waals surface area contributed by atoms with E-state index in [-0.39, 0.29) is 0 Å². The summed E-state index contributed by atoms with van der Waals surface area (Å²) in [4.78, 5) is 2.42. The summed E-state index contributed by atoms with van der Waals surface area (Å²) in [7, 11) is 0. The number of para-hydroxylation sites is 1. The van der Waals surface area contributed by atoms with Crippen LogP contribution in [0.4, 0.5) is 5.69 Å². The van der Waals surface area contributed by atoms with Gasteiger partial charge in [-0.2, -0.15) is 5.43 Å². The van der Waals surface area contributed by atoms with Crippen molar-refractivity contribution in [2.75, 3.05) is 37.6 Å². The van der Waals surface area contributed by atoms with Crippen molar-refractivity contribution in [2.24, 2.45) is 0 Å². The van der Waals surface area contributed by atoms with Crippen molar-refractivity contribution in [2.45, 2.75) is 6.92 Å². The smallest absolute Gasteiger partial charge is 0.0367 e. The zero-order valence-corrected chi connectivity index (χ0v) is 9.26. The Morgan fingerprint density at radius 3 is 2.33 bits per heavy atom. The van der Waals surface area contributed by atoms with E-state index < -0.39 is 0 Å². The standard InChI is InChI=1S/C12H18N3/c1-2-13-15-10-8-14(9-11-15)12-6-4-3-5-7-12/h3-7H,2,8-11H2,1H3. The van der Waals surface area contributed by atoms with Crippen LogP contribution in [0, 0.1) is 0 Å². The molecule has 0 amide bonds. The van der Waals surface area contributed by atoms with Gasteiger partial charge in [0.05, 0.1) is 0 Å². The van der Waals surface area contributed by atoms with Crippen LogP contribution in [0.25, 0.3) is 0 Å². The van der Waals surface area contributed by atoms with Crippen LogP contribution in [0.15, 0.2) is 30.3 Å². The highest BCUT2D eigenvalue weighted by molar-refractivity contribution is 5.46. The van der Waals surface area contributed by atoms with Gasteiger partial charge in [0, 0.05) is 38.4 Å². The molecule has 0 N–H and O–H groups in total. The number of anilines is 1. The van der Waals surface area contributed by atoms with Crippen molar-refractivity contribution in [1.82, 2.24) is 10.4 Å². The van der Waals surface area contributed by atoms with Gasteiger partial charge in [-0.05, 0) is 19.1 Å². The second-order valence-corrected chi connectivity index (χ2v) is 3.73. The minimum Gasteiger partial charge on any atom is -0.369 e. The van der Waals surface area contributed by atoms with Crippen molar-refractivity contribution in [3.63, 3.8) is 0 Å². The Kier molecular flexibility index (Phi) is 3.59. The molecule has 1 aliphatic rings. The van der Waals surface area contributed by atoms with Crippen molar-refractivity contribution in [1.29, 1.82) is 0 Å². The molecule has 3 nitrogen and oxygen atoms in total. The van der Waals surface area contributed by atoms with Crippen molar-refractivity contribution < 1.29 is 0 Å². The summed E-state index contributed by atoms with van der Waals surface area (Å²) >= 11 is 0. The van der Waals surface area contributed by atoms with Gasteiger partial charge < -0.3 is 4.90 Å². The molecule has 0 spiro atoms. The monoisotopic (exact) mass is 204 g/mol. The first-order valence-corrected chi connectivity index (χ1v) is 5.62. The minimum atomic E-state index is 0.894. The Hall–Kier alpha value is -1.06. The van der Waals surface area contributed by atoms with E-state index in [4.69, 9.17) is 0 Å². The quantitative estimate of drug-likeness (QED) is 0.741. The van der Waals surface area contributed by atoms with Crippen LogP contribution < -0.4 is 10.3 Å². The van der Waals surface area contributed by atoms with E-state index in [1.54, 1.807) is 0 Å².